The van der Waals surface area contributed by atoms with Crippen LogP contribution < -0.4 is 24.6 Å². The zero-order chi connectivity index (χ0) is 34.2. The van der Waals surface area contributed by atoms with Crippen LogP contribution >= 0.6 is 11.6 Å². The molecule has 49 heavy (non-hydrogen) atoms. The SMILES string of the molecule is CCOc1cc(/C=C2\C(=O)NC(=O)N(c3cc4c5c(c3)[C@H](c3ccccc3)CCN5CC[C@H]4c3ccccc3)C2=O)cc(Cl)c1OC(C)C. The molecule has 4 aromatic rings. The minimum atomic E-state index is -0.788. The van der Waals surface area contributed by atoms with E-state index in [1.807, 2.05) is 69.3 Å². The Balaban J connectivity index is 1.35. The second-order valence-electron chi connectivity index (χ2n) is 12.9. The molecule has 0 spiro atoms. The normalized spacial score (nSPS) is 19.6. The lowest BCUT2D eigenvalue weighted by atomic mass is 9.76. The maximum absolute atomic E-state index is 14.3. The number of nitrogens with zero attached hydrogens (tertiary/aromatic N) is 2. The molecule has 4 aromatic carbocycles. The van der Waals surface area contributed by atoms with Gasteiger partial charge in [-0.15, -0.1) is 0 Å². The number of amides is 4. The number of urea groups is 1. The quantitative estimate of drug-likeness (QED) is 0.150. The van der Waals surface area contributed by atoms with Gasteiger partial charge in [0.05, 0.1) is 23.4 Å². The molecule has 1 N–H and O–H groups in total. The largest absolute Gasteiger partial charge is 0.490 e. The minimum absolute atomic E-state index is 0.0750. The average molecular weight is 676 g/mol. The molecule has 3 aliphatic heterocycles. The molecule has 2 atom stereocenters. The predicted octanol–water partition coefficient (Wildman–Crippen LogP) is 8.07. The fraction of sp³-hybridized carbons (Fsp3) is 0.275. The van der Waals surface area contributed by atoms with Gasteiger partial charge in [-0.05, 0) is 91.8 Å². The van der Waals surface area contributed by atoms with Gasteiger partial charge in [0, 0.05) is 30.6 Å². The fourth-order valence-corrected chi connectivity index (χ4v) is 7.58. The molecule has 1 fully saturated rings. The molecule has 4 amide bonds. The van der Waals surface area contributed by atoms with Gasteiger partial charge in [-0.1, -0.05) is 72.3 Å². The zero-order valence-electron chi connectivity index (χ0n) is 27.7. The summed E-state index contributed by atoms with van der Waals surface area (Å²) in [5, 5.41) is 2.68. The molecule has 0 bridgehead atoms. The van der Waals surface area contributed by atoms with E-state index >= 15 is 0 Å². The van der Waals surface area contributed by atoms with Gasteiger partial charge in [0.1, 0.15) is 5.57 Å². The van der Waals surface area contributed by atoms with Gasteiger partial charge in [-0.25, -0.2) is 9.69 Å². The van der Waals surface area contributed by atoms with Gasteiger partial charge in [0.25, 0.3) is 11.8 Å². The molecule has 0 unspecified atom stereocenters. The summed E-state index contributed by atoms with van der Waals surface area (Å²) in [6.07, 6.45) is 3.09. The number of imide groups is 2. The Morgan fingerprint density at radius 1 is 0.878 bits per heavy atom. The van der Waals surface area contributed by atoms with Gasteiger partial charge in [0.2, 0.25) is 0 Å². The number of benzene rings is 4. The van der Waals surface area contributed by atoms with Crippen LogP contribution in [0.15, 0.2) is 90.5 Å². The lowest BCUT2D eigenvalue weighted by Gasteiger charge is -2.44. The molecule has 1 saturated heterocycles. The first-order valence-corrected chi connectivity index (χ1v) is 17.2. The summed E-state index contributed by atoms with van der Waals surface area (Å²) in [4.78, 5) is 44.6. The maximum atomic E-state index is 14.3. The minimum Gasteiger partial charge on any atom is -0.490 e. The number of barbiturate groups is 1. The molecule has 0 aromatic heterocycles. The first-order valence-electron chi connectivity index (χ1n) is 16.8. The highest BCUT2D eigenvalue weighted by Crippen LogP contribution is 2.50. The van der Waals surface area contributed by atoms with Crippen molar-refractivity contribution in [3.05, 3.63) is 123 Å². The van der Waals surface area contributed by atoms with Crippen LogP contribution in [-0.4, -0.2) is 43.6 Å². The van der Waals surface area contributed by atoms with Crippen molar-refractivity contribution in [1.82, 2.24) is 5.32 Å². The number of hydrogen-bond acceptors (Lipinski definition) is 6. The van der Waals surface area contributed by atoms with Crippen molar-refractivity contribution in [3.8, 4) is 11.5 Å². The monoisotopic (exact) mass is 675 g/mol. The fourth-order valence-electron chi connectivity index (χ4n) is 7.31. The molecule has 0 aliphatic carbocycles. The van der Waals surface area contributed by atoms with E-state index in [4.69, 9.17) is 21.1 Å². The van der Waals surface area contributed by atoms with E-state index in [9.17, 15) is 14.4 Å². The third-order valence-electron chi connectivity index (χ3n) is 9.36. The zero-order valence-corrected chi connectivity index (χ0v) is 28.5. The smallest absolute Gasteiger partial charge is 0.335 e. The Morgan fingerprint density at radius 2 is 1.47 bits per heavy atom. The molecular weight excluding hydrogens is 638 g/mol. The Hall–Kier alpha value is -5.08. The summed E-state index contributed by atoms with van der Waals surface area (Å²) in [6, 6.07) is 27.1. The Bertz CT molecular complexity index is 1890. The predicted molar refractivity (Wildman–Crippen MR) is 192 cm³/mol. The van der Waals surface area contributed by atoms with Crippen LogP contribution in [0, 0.1) is 0 Å². The molecule has 8 nitrogen and oxygen atoms in total. The van der Waals surface area contributed by atoms with Crippen molar-refractivity contribution < 1.29 is 23.9 Å². The van der Waals surface area contributed by atoms with Gasteiger partial charge in [-0.3, -0.25) is 14.9 Å². The van der Waals surface area contributed by atoms with Crippen molar-refractivity contribution in [2.45, 2.75) is 51.6 Å². The number of anilines is 2. The molecule has 0 radical (unpaired) electrons. The number of hydrogen-bond donors (Lipinski definition) is 1. The van der Waals surface area contributed by atoms with Crippen molar-refractivity contribution in [2.75, 3.05) is 29.5 Å². The van der Waals surface area contributed by atoms with E-state index in [0.29, 0.717) is 29.4 Å². The Kier molecular flexibility index (Phi) is 8.90. The van der Waals surface area contributed by atoms with Gasteiger partial charge in [-0.2, -0.15) is 0 Å². The Labute approximate surface area is 291 Å². The van der Waals surface area contributed by atoms with Crippen LogP contribution in [0.2, 0.25) is 5.02 Å². The van der Waals surface area contributed by atoms with Crippen LogP contribution in [0.5, 0.6) is 11.5 Å². The molecule has 3 heterocycles. The summed E-state index contributed by atoms with van der Waals surface area (Å²) in [7, 11) is 0. The standard InChI is InChI=1S/C40H38ClN3O5/c1-4-48-35-21-25(20-34(41)37(35)49-24(2)3)19-33-38(45)42-40(47)44(39(33)46)28-22-31-29(26-11-7-5-8-12-26)15-17-43-18-16-30(32(23-28)36(31)43)27-13-9-6-10-14-27/h5-14,19-24,29-30H,4,15-18H2,1-3H3,(H,42,45,47)/b33-19+/t29-,30-/m0/s1. The molecule has 0 saturated carbocycles. The van der Waals surface area contributed by atoms with Gasteiger partial charge in [0.15, 0.2) is 11.5 Å². The first-order chi connectivity index (χ1) is 23.7. The first kappa shape index (κ1) is 32.5. The molecule has 3 aliphatic rings. The summed E-state index contributed by atoms with van der Waals surface area (Å²) < 4.78 is 11.7. The van der Waals surface area contributed by atoms with Crippen LogP contribution in [0.4, 0.5) is 16.2 Å². The lowest BCUT2D eigenvalue weighted by molar-refractivity contribution is -0.122. The molecule has 7 rings (SSSR count). The van der Waals surface area contributed by atoms with E-state index in [1.54, 1.807) is 12.1 Å². The molecule has 9 heteroatoms. The van der Waals surface area contributed by atoms with E-state index < -0.39 is 17.8 Å². The number of rotatable bonds is 8. The van der Waals surface area contributed by atoms with Gasteiger partial charge >= 0.3 is 6.03 Å². The van der Waals surface area contributed by atoms with Crippen molar-refractivity contribution >= 4 is 46.9 Å². The lowest BCUT2D eigenvalue weighted by Crippen LogP contribution is -2.54. The number of nitrogens with one attached hydrogen (secondary N) is 1. The van der Waals surface area contributed by atoms with Gasteiger partial charge < -0.3 is 14.4 Å². The van der Waals surface area contributed by atoms with E-state index in [-0.39, 0.29) is 28.5 Å². The molecule has 250 valence electrons. The summed E-state index contributed by atoms with van der Waals surface area (Å²) in [6.45, 7) is 7.80. The Morgan fingerprint density at radius 3 is 2.02 bits per heavy atom. The highest BCUT2D eigenvalue weighted by Gasteiger charge is 2.40. The van der Waals surface area contributed by atoms with Crippen LogP contribution in [0.1, 0.15) is 73.3 Å². The second-order valence-corrected chi connectivity index (χ2v) is 13.3. The van der Waals surface area contributed by atoms with E-state index in [1.165, 1.54) is 22.9 Å². The van der Waals surface area contributed by atoms with E-state index in [0.717, 1.165) is 42.0 Å². The summed E-state index contributed by atoms with van der Waals surface area (Å²) >= 11 is 6.61. The number of carbonyl (C=O) groups is 3. The van der Waals surface area contributed by atoms with Crippen LogP contribution in [0.25, 0.3) is 6.08 Å². The molecular formula is C40H38ClN3O5. The number of carbonyl (C=O) groups excluding carboxylic acids is 3. The van der Waals surface area contributed by atoms with E-state index in [2.05, 4.69) is 34.5 Å². The van der Waals surface area contributed by atoms with Crippen molar-refractivity contribution in [3.63, 3.8) is 0 Å². The summed E-state index contributed by atoms with van der Waals surface area (Å²) in [5.41, 5.74) is 6.37. The third kappa shape index (κ3) is 6.17. The topological polar surface area (TPSA) is 88.2 Å². The van der Waals surface area contributed by atoms with Crippen molar-refractivity contribution in [1.29, 1.82) is 0 Å². The second kappa shape index (κ2) is 13.4. The van der Waals surface area contributed by atoms with Crippen molar-refractivity contribution in [2.24, 2.45) is 0 Å². The van der Waals surface area contributed by atoms with Crippen LogP contribution in [0.3, 0.4) is 0 Å². The third-order valence-corrected chi connectivity index (χ3v) is 9.64. The summed E-state index contributed by atoms with van der Waals surface area (Å²) in [5.74, 6) is -0.567. The highest BCUT2D eigenvalue weighted by atomic mass is 35.5. The van der Waals surface area contributed by atoms with Crippen LogP contribution in [-0.2, 0) is 9.59 Å². The average Bonchev–Trinajstić information content (AvgIpc) is 3.09. The maximum Gasteiger partial charge on any atom is 0.335 e. The highest BCUT2D eigenvalue weighted by molar-refractivity contribution is 6.39. The number of halogens is 1. The number of ether oxygens (including phenoxy) is 2.